The zero-order chi connectivity index (χ0) is 13.8. The molecule has 0 radical (unpaired) electrons. The highest BCUT2D eigenvalue weighted by Crippen LogP contribution is 2.25. The van der Waals surface area contributed by atoms with Crippen LogP contribution in [0.3, 0.4) is 0 Å². The van der Waals surface area contributed by atoms with Crippen molar-refractivity contribution in [2.45, 2.75) is 10.9 Å². The van der Waals surface area contributed by atoms with E-state index >= 15 is 0 Å². The van der Waals surface area contributed by atoms with E-state index in [9.17, 15) is 14.0 Å². The summed E-state index contributed by atoms with van der Waals surface area (Å²) in [5.74, 6) is -0.796. The van der Waals surface area contributed by atoms with Crippen molar-refractivity contribution in [2.24, 2.45) is 0 Å². The fraction of sp³-hybridized carbons (Fsp3) is 0.333. The topological polar surface area (TPSA) is 57.6 Å². The van der Waals surface area contributed by atoms with Gasteiger partial charge in [-0.2, -0.15) is 0 Å². The van der Waals surface area contributed by atoms with E-state index in [1.807, 2.05) is 0 Å². The first-order chi connectivity index (χ1) is 9.09. The van der Waals surface area contributed by atoms with Gasteiger partial charge in [-0.15, -0.1) is 23.5 Å². The molecule has 0 aromatic heterocycles. The first-order valence-electron chi connectivity index (χ1n) is 5.57. The number of rotatable bonds is 4. The van der Waals surface area contributed by atoms with Crippen LogP contribution in [0.25, 0.3) is 0 Å². The Morgan fingerprint density at radius 2 is 2.21 bits per heavy atom. The van der Waals surface area contributed by atoms with Gasteiger partial charge in [-0.1, -0.05) is 12.1 Å². The van der Waals surface area contributed by atoms with E-state index in [1.165, 1.54) is 22.7 Å². The third-order valence-corrected chi connectivity index (χ3v) is 4.72. The molecule has 1 amide bonds. The molecule has 4 nitrogen and oxygen atoms in total. The van der Waals surface area contributed by atoms with E-state index in [-0.39, 0.29) is 17.5 Å². The minimum atomic E-state index is -0.991. The molecule has 0 saturated carbocycles. The van der Waals surface area contributed by atoms with Crippen molar-refractivity contribution in [2.75, 3.05) is 17.4 Å². The van der Waals surface area contributed by atoms with Crippen LogP contribution < -0.4 is 0 Å². The van der Waals surface area contributed by atoms with Crippen LogP contribution in [-0.2, 0) is 9.59 Å². The largest absolute Gasteiger partial charge is 0.480 e. The molecule has 1 heterocycles. The fourth-order valence-corrected chi connectivity index (χ4v) is 3.67. The summed E-state index contributed by atoms with van der Waals surface area (Å²) >= 11 is 2.50. The van der Waals surface area contributed by atoms with Gasteiger partial charge in [0, 0.05) is 10.6 Å². The Balaban J connectivity index is 1.95. The summed E-state index contributed by atoms with van der Waals surface area (Å²) in [6.45, 7) is 0. The molecule has 1 aliphatic heterocycles. The lowest BCUT2D eigenvalue weighted by Crippen LogP contribution is -2.42. The molecular weight excluding hydrogens is 289 g/mol. The van der Waals surface area contributed by atoms with Crippen LogP contribution in [0.5, 0.6) is 0 Å². The predicted octanol–water partition coefficient (Wildman–Crippen LogP) is 1.90. The van der Waals surface area contributed by atoms with E-state index in [0.717, 1.165) is 11.8 Å². The summed E-state index contributed by atoms with van der Waals surface area (Å²) in [5, 5.41) is 8.99. The smallest absolute Gasteiger partial charge is 0.327 e. The SMILES string of the molecule is O=C(O)C1CSCN1C(=O)CSc1ccccc1F. The Morgan fingerprint density at radius 1 is 1.47 bits per heavy atom. The van der Waals surface area contributed by atoms with E-state index in [2.05, 4.69) is 0 Å². The van der Waals surface area contributed by atoms with E-state index in [1.54, 1.807) is 18.2 Å². The van der Waals surface area contributed by atoms with E-state index < -0.39 is 12.0 Å². The Hall–Kier alpha value is -1.21. The maximum Gasteiger partial charge on any atom is 0.327 e. The quantitative estimate of drug-likeness (QED) is 0.861. The fourth-order valence-electron chi connectivity index (χ4n) is 1.68. The van der Waals surface area contributed by atoms with Crippen molar-refractivity contribution >= 4 is 35.4 Å². The minimum Gasteiger partial charge on any atom is -0.480 e. The zero-order valence-corrected chi connectivity index (χ0v) is 11.5. The van der Waals surface area contributed by atoms with Crippen LogP contribution in [0, 0.1) is 5.82 Å². The van der Waals surface area contributed by atoms with Gasteiger partial charge >= 0.3 is 5.97 Å². The van der Waals surface area contributed by atoms with Crippen molar-refractivity contribution in [1.82, 2.24) is 4.90 Å². The summed E-state index contributed by atoms with van der Waals surface area (Å²) in [5.41, 5.74) is 0. The number of halogens is 1. The lowest BCUT2D eigenvalue weighted by Gasteiger charge is -2.20. The number of aliphatic carboxylic acids is 1. The first-order valence-corrected chi connectivity index (χ1v) is 7.71. The van der Waals surface area contributed by atoms with Crippen LogP contribution in [-0.4, -0.2) is 45.3 Å². The van der Waals surface area contributed by atoms with E-state index in [0.29, 0.717) is 16.5 Å². The van der Waals surface area contributed by atoms with Gasteiger partial charge in [-0.05, 0) is 12.1 Å². The van der Waals surface area contributed by atoms with Gasteiger partial charge in [0.1, 0.15) is 11.9 Å². The molecule has 1 aromatic rings. The van der Waals surface area contributed by atoms with Crippen LogP contribution in [0.2, 0.25) is 0 Å². The molecule has 0 bridgehead atoms. The molecule has 1 aromatic carbocycles. The first kappa shape index (κ1) is 14.2. The van der Waals surface area contributed by atoms with Crippen molar-refractivity contribution in [3.63, 3.8) is 0 Å². The van der Waals surface area contributed by atoms with E-state index in [4.69, 9.17) is 5.11 Å². The highest BCUT2D eigenvalue weighted by molar-refractivity contribution is 8.00. The van der Waals surface area contributed by atoms with Crippen LogP contribution in [0.4, 0.5) is 4.39 Å². The molecule has 102 valence electrons. The van der Waals surface area contributed by atoms with Gasteiger partial charge in [0.25, 0.3) is 0 Å². The average Bonchev–Trinajstić information content (AvgIpc) is 2.87. The molecular formula is C12H12FNO3S2. The number of benzene rings is 1. The molecule has 1 fully saturated rings. The van der Waals surface area contributed by atoms with Crippen molar-refractivity contribution in [1.29, 1.82) is 0 Å². The molecule has 19 heavy (non-hydrogen) atoms. The lowest BCUT2D eigenvalue weighted by molar-refractivity contribution is -0.146. The second-order valence-corrected chi connectivity index (χ2v) is 5.95. The van der Waals surface area contributed by atoms with Crippen molar-refractivity contribution in [3.8, 4) is 0 Å². The number of amides is 1. The highest BCUT2D eigenvalue weighted by Gasteiger charge is 2.34. The number of thioether (sulfide) groups is 2. The maximum atomic E-state index is 13.4. The molecule has 2 rings (SSSR count). The molecule has 1 atom stereocenters. The Bertz CT molecular complexity index is 498. The number of hydrogen-bond acceptors (Lipinski definition) is 4. The van der Waals surface area contributed by atoms with Crippen molar-refractivity contribution in [3.05, 3.63) is 30.1 Å². The second-order valence-electron chi connectivity index (χ2n) is 3.94. The average molecular weight is 301 g/mol. The summed E-state index contributed by atoms with van der Waals surface area (Å²) in [7, 11) is 0. The minimum absolute atomic E-state index is 0.0469. The number of carbonyl (C=O) groups excluding carboxylic acids is 1. The van der Waals surface area contributed by atoms with Gasteiger partial charge in [0.05, 0.1) is 11.6 Å². The summed E-state index contributed by atoms with van der Waals surface area (Å²) < 4.78 is 13.4. The molecule has 0 aliphatic carbocycles. The summed E-state index contributed by atoms with van der Waals surface area (Å²) in [6.07, 6.45) is 0. The number of carboxylic acids is 1. The molecule has 0 spiro atoms. The van der Waals surface area contributed by atoms with Gasteiger partial charge in [0.2, 0.25) is 5.91 Å². The Labute approximate surface area is 118 Å². The van der Waals surface area contributed by atoms with Crippen LogP contribution in [0.15, 0.2) is 29.2 Å². The number of hydrogen-bond donors (Lipinski definition) is 1. The molecule has 1 N–H and O–H groups in total. The normalized spacial score (nSPS) is 18.6. The van der Waals surface area contributed by atoms with Gasteiger partial charge in [-0.25, -0.2) is 9.18 Å². The highest BCUT2D eigenvalue weighted by atomic mass is 32.2. The lowest BCUT2D eigenvalue weighted by atomic mass is 10.3. The zero-order valence-electron chi connectivity index (χ0n) is 9.91. The van der Waals surface area contributed by atoms with Gasteiger partial charge < -0.3 is 10.0 Å². The van der Waals surface area contributed by atoms with Crippen LogP contribution in [0.1, 0.15) is 0 Å². The third kappa shape index (κ3) is 3.42. The molecule has 1 unspecified atom stereocenters. The number of carbonyl (C=O) groups is 2. The van der Waals surface area contributed by atoms with Crippen molar-refractivity contribution < 1.29 is 19.1 Å². The Kier molecular flexibility index (Phi) is 4.71. The molecule has 1 aliphatic rings. The monoisotopic (exact) mass is 301 g/mol. The Morgan fingerprint density at radius 3 is 2.89 bits per heavy atom. The predicted molar refractivity (Wildman–Crippen MR) is 72.7 cm³/mol. The molecule has 7 heteroatoms. The summed E-state index contributed by atoms with van der Waals surface area (Å²) in [6, 6.07) is 5.44. The number of carboxylic acid groups (broad SMARTS) is 1. The third-order valence-electron chi connectivity index (χ3n) is 2.68. The standard InChI is InChI=1S/C12H12FNO3S2/c13-8-3-1-2-4-10(8)19-6-11(15)14-7-18-5-9(14)12(16)17/h1-4,9H,5-7H2,(H,16,17). The summed E-state index contributed by atoms with van der Waals surface area (Å²) in [4.78, 5) is 24.7. The van der Waals surface area contributed by atoms with Crippen LogP contribution >= 0.6 is 23.5 Å². The maximum absolute atomic E-state index is 13.4. The molecule has 1 saturated heterocycles. The van der Waals surface area contributed by atoms with Gasteiger partial charge in [0.15, 0.2) is 0 Å². The van der Waals surface area contributed by atoms with Gasteiger partial charge in [-0.3, -0.25) is 4.79 Å². The number of nitrogens with zero attached hydrogens (tertiary/aromatic N) is 1. The second kappa shape index (κ2) is 6.29.